The molecular formula is C53H71BrO10SSi2. The molecule has 4 atom stereocenters. The summed E-state index contributed by atoms with van der Waals surface area (Å²) < 4.78 is 67.7. The van der Waals surface area contributed by atoms with Gasteiger partial charge in [0.25, 0.3) is 8.32 Å². The molecule has 364 valence electrons. The van der Waals surface area contributed by atoms with Gasteiger partial charge in [-0.25, -0.2) is 13.2 Å². The number of sulfone groups is 1. The molecule has 1 heterocycles. The zero-order chi connectivity index (χ0) is 49.3. The maximum Gasteiger partial charge on any atom is 0.338 e. The van der Waals surface area contributed by atoms with Crippen LogP contribution >= 0.6 is 15.9 Å². The summed E-state index contributed by atoms with van der Waals surface area (Å²) in [5.74, 6) is -2.38. The third-order valence-corrected chi connectivity index (χ3v) is 21.3. The number of ether oxygens (including phenoxy) is 5. The number of benzene rings is 4. The molecule has 0 unspecified atom stereocenters. The van der Waals surface area contributed by atoms with Gasteiger partial charge in [0.2, 0.25) is 0 Å². The predicted molar refractivity (Wildman–Crippen MR) is 275 cm³/mol. The van der Waals surface area contributed by atoms with E-state index in [9.17, 15) is 13.2 Å². The SMILES string of the molecule is C[C@H]1OC(C)(C)O[C@@H]1C[C@H](C/C(=C\CO[Si](c1ccccc1)(c1ccccc1)C(C)(C)C)[C@H](OCOCC[Si](C)(C)C)C(=O)C(C)(C)CS(=O)(=O)c1ccccc1)OC(=O)c1ccc(Br)cc1. The first-order valence-electron chi connectivity index (χ1n) is 23.1. The molecule has 67 heavy (non-hydrogen) atoms. The minimum absolute atomic E-state index is 0.0201. The monoisotopic (exact) mass is 1030 g/mol. The Bertz CT molecular complexity index is 2320. The molecule has 0 N–H and O–H groups in total. The first-order chi connectivity index (χ1) is 31.3. The summed E-state index contributed by atoms with van der Waals surface area (Å²) in [5.41, 5.74) is -0.654. The Labute approximate surface area is 410 Å². The second-order valence-electron chi connectivity index (χ2n) is 20.8. The van der Waals surface area contributed by atoms with Crippen molar-refractivity contribution in [2.24, 2.45) is 5.41 Å². The highest BCUT2D eigenvalue weighted by atomic mass is 79.9. The van der Waals surface area contributed by atoms with Crippen molar-refractivity contribution < 1.29 is 46.1 Å². The van der Waals surface area contributed by atoms with E-state index in [0.29, 0.717) is 17.7 Å². The minimum Gasteiger partial charge on any atom is -0.458 e. The Balaban J connectivity index is 1.65. The maximum atomic E-state index is 15.4. The number of rotatable bonds is 23. The van der Waals surface area contributed by atoms with Crippen molar-refractivity contribution in [3.8, 4) is 0 Å². The van der Waals surface area contributed by atoms with Crippen molar-refractivity contribution >= 4 is 64.3 Å². The molecule has 0 bridgehead atoms. The van der Waals surface area contributed by atoms with Crippen LogP contribution in [0, 0.1) is 5.41 Å². The van der Waals surface area contributed by atoms with Gasteiger partial charge >= 0.3 is 5.97 Å². The van der Waals surface area contributed by atoms with Gasteiger partial charge in [0.05, 0.1) is 35.0 Å². The molecule has 1 saturated heterocycles. The predicted octanol–water partition coefficient (Wildman–Crippen LogP) is 10.6. The highest BCUT2D eigenvalue weighted by molar-refractivity contribution is 9.10. The topological polar surface area (TPSA) is 124 Å². The fourth-order valence-electron chi connectivity index (χ4n) is 8.60. The molecule has 0 aliphatic carbocycles. The largest absolute Gasteiger partial charge is 0.458 e. The summed E-state index contributed by atoms with van der Waals surface area (Å²) in [6, 6.07) is 36.4. The molecule has 0 spiro atoms. The third-order valence-electron chi connectivity index (χ3n) is 12.0. The minimum atomic E-state index is -3.93. The smallest absolute Gasteiger partial charge is 0.338 e. The maximum absolute atomic E-state index is 15.4. The van der Waals surface area contributed by atoms with Gasteiger partial charge in [-0.3, -0.25) is 4.79 Å². The summed E-state index contributed by atoms with van der Waals surface area (Å²) in [6.07, 6.45) is -0.885. The van der Waals surface area contributed by atoms with E-state index in [1.165, 1.54) is 12.1 Å². The zero-order valence-corrected chi connectivity index (χ0v) is 45.6. The average Bonchev–Trinajstić information content (AvgIpc) is 3.52. The second kappa shape index (κ2) is 22.9. The highest BCUT2D eigenvalue weighted by Gasteiger charge is 2.50. The number of Topliss-reactive ketones (excluding diaryl/α,β-unsaturated/α-hetero) is 1. The number of hydrogen-bond acceptors (Lipinski definition) is 10. The Hall–Kier alpha value is -3.58. The summed E-state index contributed by atoms with van der Waals surface area (Å²) in [6.45, 7) is 22.5. The van der Waals surface area contributed by atoms with E-state index in [1.54, 1.807) is 56.3 Å². The van der Waals surface area contributed by atoms with Gasteiger partial charge in [-0.05, 0) is 84.2 Å². The van der Waals surface area contributed by atoms with Crippen LogP contribution in [0.15, 0.2) is 136 Å². The van der Waals surface area contributed by atoms with E-state index in [2.05, 4.69) is 80.6 Å². The molecule has 5 rings (SSSR count). The third kappa shape index (κ3) is 15.0. The van der Waals surface area contributed by atoms with Crippen LogP contribution in [0.4, 0.5) is 0 Å². The van der Waals surface area contributed by atoms with E-state index in [0.717, 1.165) is 20.9 Å². The van der Waals surface area contributed by atoms with Crippen LogP contribution in [-0.4, -0.2) is 92.5 Å². The first kappa shape index (κ1) is 54.4. The van der Waals surface area contributed by atoms with Crippen LogP contribution in [0.1, 0.15) is 78.6 Å². The molecule has 4 aromatic rings. The molecule has 0 aromatic heterocycles. The second-order valence-corrected chi connectivity index (χ2v) is 33.6. The van der Waals surface area contributed by atoms with E-state index in [4.69, 9.17) is 28.1 Å². The van der Waals surface area contributed by atoms with Crippen LogP contribution in [0.5, 0.6) is 0 Å². The molecule has 0 saturated carbocycles. The van der Waals surface area contributed by atoms with Gasteiger partial charge in [0.15, 0.2) is 21.4 Å². The van der Waals surface area contributed by atoms with Crippen molar-refractivity contribution in [2.45, 2.75) is 134 Å². The van der Waals surface area contributed by atoms with Gasteiger partial charge < -0.3 is 28.1 Å². The van der Waals surface area contributed by atoms with Gasteiger partial charge in [0, 0.05) is 37.4 Å². The van der Waals surface area contributed by atoms with Crippen LogP contribution in [0.3, 0.4) is 0 Å². The lowest BCUT2D eigenvalue weighted by Gasteiger charge is -2.43. The van der Waals surface area contributed by atoms with Crippen LogP contribution in [0.25, 0.3) is 0 Å². The lowest BCUT2D eigenvalue weighted by molar-refractivity contribution is -0.147. The fraction of sp³-hybridized carbons (Fsp3) is 0.472. The van der Waals surface area contributed by atoms with Crippen molar-refractivity contribution in [3.63, 3.8) is 0 Å². The van der Waals surface area contributed by atoms with E-state index in [-0.39, 0.29) is 42.3 Å². The lowest BCUT2D eigenvalue weighted by atomic mass is 9.83. The summed E-state index contributed by atoms with van der Waals surface area (Å²) in [4.78, 5) is 29.5. The van der Waals surface area contributed by atoms with Crippen molar-refractivity contribution in [3.05, 3.63) is 137 Å². The summed E-state index contributed by atoms with van der Waals surface area (Å²) in [7, 11) is -8.52. The van der Waals surface area contributed by atoms with Crippen LogP contribution in [0.2, 0.25) is 30.7 Å². The molecule has 1 aliphatic rings. The Kier molecular flexibility index (Phi) is 18.6. The number of carbonyl (C=O) groups excluding carboxylic acids is 2. The van der Waals surface area contributed by atoms with Crippen molar-refractivity contribution in [2.75, 3.05) is 25.8 Å². The standard InChI is InChI=1S/C53H71BrO10SSi2/c1-39-47(64-53(7,8)63-39)36-43(62-50(56)40-27-29-42(54)30-28-40)35-41(31-32-61-67(51(2,3)4,45-23-17-13-18-24-45)46-25-19-14-20-26-46)48(60-38-59-33-34-66(9,10)11)49(55)52(5,6)37-65(57,58)44-21-15-12-16-22-44/h12-31,39,43,47-48H,32-38H2,1-11H3/b41-31+/t39-,43+,47-,48+/m1/s1. The van der Waals surface area contributed by atoms with Crippen LogP contribution < -0.4 is 10.4 Å². The molecule has 0 radical (unpaired) electrons. The van der Waals surface area contributed by atoms with Crippen molar-refractivity contribution in [1.29, 1.82) is 0 Å². The number of halogens is 1. The van der Waals surface area contributed by atoms with Crippen LogP contribution in [-0.2, 0) is 42.7 Å². The van der Waals surface area contributed by atoms with Gasteiger partial charge in [-0.15, -0.1) is 0 Å². The number of hydrogen-bond donors (Lipinski definition) is 0. The average molecular weight is 1040 g/mol. The number of carbonyl (C=O) groups is 2. The normalized spacial score (nSPS) is 18.1. The molecule has 4 aromatic carbocycles. The van der Waals surface area contributed by atoms with E-state index < -0.39 is 73.2 Å². The van der Waals surface area contributed by atoms with Gasteiger partial charge in [0.1, 0.15) is 19.0 Å². The Morgan fingerprint density at radius 1 is 0.821 bits per heavy atom. The van der Waals surface area contributed by atoms with Crippen molar-refractivity contribution in [1.82, 2.24) is 0 Å². The molecule has 1 aliphatic heterocycles. The van der Waals surface area contributed by atoms with Gasteiger partial charge in [-0.2, -0.15) is 0 Å². The highest BCUT2D eigenvalue weighted by Crippen LogP contribution is 2.38. The summed E-state index contributed by atoms with van der Waals surface area (Å²) >= 11 is 3.46. The van der Waals surface area contributed by atoms with Gasteiger partial charge in [-0.1, -0.05) is 155 Å². The fourth-order valence-corrected chi connectivity index (χ4v) is 15.9. The number of esters is 1. The molecule has 0 amide bonds. The lowest BCUT2D eigenvalue weighted by Crippen LogP contribution is -2.66. The molecule has 1 fully saturated rings. The quantitative estimate of drug-likeness (QED) is 0.0233. The number of ketones is 1. The molecule has 10 nitrogen and oxygen atoms in total. The zero-order valence-electron chi connectivity index (χ0n) is 41.2. The van der Waals surface area contributed by atoms with E-state index in [1.807, 2.05) is 63.2 Å². The molecule has 14 heteroatoms. The Morgan fingerprint density at radius 2 is 1.37 bits per heavy atom. The Morgan fingerprint density at radius 3 is 1.88 bits per heavy atom. The molecular weight excluding hydrogens is 965 g/mol. The van der Waals surface area contributed by atoms with E-state index >= 15 is 4.79 Å². The summed E-state index contributed by atoms with van der Waals surface area (Å²) in [5, 5.41) is 1.79. The first-order valence-corrected chi connectivity index (χ1v) is 31.2.